The molecule has 0 bridgehead atoms. The van der Waals surface area contributed by atoms with E-state index in [1.54, 1.807) is 35.4 Å². The normalized spacial score (nSPS) is 10.8. The summed E-state index contributed by atoms with van der Waals surface area (Å²) in [6.07, 6.45) is 4.73. The molecular formula is C15H14N4O2. The molecule has 2 aromatic heterocycles. The van der Waals surface area contributed by atoms with Crippen LogP contribution < -0.4 is 4.74 Å². The lowest BCUT2D eigenvalue weighted by Gasteiger charge is -2.08. The van der Waals surface area contributed by atoms with Crippen LogP contribution in [0.25, 0.3) is 11.0 Å². The Morgan fingerprint density at radius 3 is 2.86 bits per heavy atom. The summed E-state index contributed by atoms with van der Waals surface area (Å²) >= 11 is 0. The van der Waals surface area contributed by atoms with Crippen molar-refractivity contribution in [2.75, 3.05) is 7.11 Å². The molecule has 0 amide bonds. The van der Waals surface area contributed by atoms with Crippen LogP contribution in [0.15, 0.2) is 36.8 Å². The molecule has 0 spiro atoms. The zero-order valence-electron chi connectivity index (χ0n) is 11.8. The Morgan fingerprint density at radius 2 is 2.10 bits per heavy atom. The van der Waals surface area contributed by atoms with E-state index in [9.17, 15) is 4.79 Å². The number of methoxy groups -OCH3 is 1. The van der Waals surface area contributed by atoms with Gasteiger partial charge < -0.3 is 4.74 Å². The van der Waals surface area contributed by atoms with E-state index in [-0.39, 0.29) is 5.78 Å². The lowest BCUT2D eigenvalue weighted by Crippen LogP contribution is -2.12. The van der Waals surface area contributed by atoms with Gasteiger partial charge in [-0.05, 0) is 19.1 Å². The van der Waals surface area contributed by atoms with Crippen molar-refractivity contribution in [3.05, 3.63) is 48.0 Å². The van der Waals surface area contributed by atoms with Gasteiger partial charge in [0, 0.05) is 18.9 Å². The fourth-order valence-electron chi connectivity index (χ4n) is 2.29. The van der Waals surface area contributed by atoms with E-state index < -0.39 is 0 Å². The van der Waals surface area contributed by atoms with Crippen LogP contribution in [0.5, 0.6) is 5.75 Å². The van der Waals surface area contributed by atoms with Crippen LogP contribution in [0, 0.1) is 0 Å². The Bertz CT molecular complexity index is 784. The maximum absolute atomic E-state index is 12.9. The van der Waals surface area contributed by atoms with Gasteiger partial charge in [-0.2, -0.15) is 5.10 Å². The number of benzene rings is 1. The molecule has 0 saturated heterocycles. The summed E-state index contributed by atoms with van der Waals surface area (Å²) in [5, 5.41) is 4.17. The molecule has 0 N–H and O–H groups in total. The molecule has 2 heterocycles. The minimum atomic E-state index is -0.169. The Morgan fingerprint density at radius 1 is 1.29 bits per heavy atom. The van der Waals surface area contributed by atoms with Crippen molar-refractivity contribution in [2.45, 2.75) is 13.5 Å². The summed E-state index contributed by atoms with van der Waals surface area (Å²) in [5.74, 6) is 0.292. The number of aromatic nitrogens is 4. The van der Waals surface area contributed by atoms with Crippen LogP contribution in [-0.2, 0) is 6.54 Å². The molecular weight excluding hydrogens is 268 g/mol. The first-order valence-electron chi connectivity index (χ1n) is 6.60. The van der Waals surface area contributed by atoms with Gasteiger partial charge in [0.2, 0.25) is 5.78 Å². The van der Waals surface area contributed by atoms with Gasteiger partial charge in [-0.25, -0.2) is 0 Å². The zero-order valence-corrected chi connectivity index (χ0v) is 11.8. The van der Waals surface area contributed by atoms with E-state index in [2.05, 4.69) is 15.1 Å². The van der Waals surface area contributed by atoms with Gasteiger partial charge in [-0.15, -0.1) is 0 Å². The number of aryl methyl sites for hydroxylation is 1. The molecule has 6 nitrogen and oxygen atoms in total. The van der Waals surface area contributed by atoms with E-state index in [0.717, 1.165) is 0 Å². The number of fused-ring (bicyclic) bond motifs is 1. The summed E-state index contributed by atoms with van der Waals surface area (Å²) in [7, 11) is 1.52. The molecule has 0 atom stereocenters. The number of para-hydroxylation sites is 1. The summed E-state index contributed by atoms with van der Waals surface area (Å²) < 4.78 is 6.86. The minimum absolute atomic E-state index is 0.169. The van der Waals surface area contributed by atoms with Crippen molar-refractivity contribution in [3.8, 4) is 5.75 Å². The molecule has 0 unspecified atom stereocenters. The predicted octanol–water partition coefficient (Wildman–Crippen LogP) is 2.09. The molecule has 0 aliphatic rings. The van der Waals surface area contributed by atoms with Gasteiger partial charge in [0.15, 0.2) is 11.4 Å². The SMILES string of the molecule is CCn1ncc(OC)c1C(=O)c1cccc2nccnc12. The molecule has 0 radical (unpaired) electrons. The van der Waals surface area contributed by atoms with Crippen molar-refractivity contribution >= 4 is 16.8 Å². The number of carbonyl (C=O) groups excluding carboxylic acids is 1. The van der Waals surface area contributed by atoms with Crippen LogP contribution in [0.4, 0.5) is 0 Å². The van der Waals surface area contributed by atoms with Gasteiger partial charge in [-0.1, -0.05) is 6.07 Å². The molecule has 0 saturated carbocycles. The maximum Gasteiger partial charge on any atom is 0.217 e. The molecule has 0 fully saturated rings. The highest BCUT2D eigenvalue weighted by Gasteiger charge is 2.22. The monoisotopic (exact) mass is 282 g/mol. The average molecular weight is 282 g/mol. The highest BCUT2D eigenvalue weighted by Crippen LogP contribution is 2.24. The number of rotatable bonds is 4. The molecule has 6 heteroatoms. The highest BCUT2D eigenvalue weighted by atomic mass is 16.5. The first-order chi connectivity index (χ1) is 10.3. The fourth-order valence-corrected chi connectivity index (χ4v) is 2.29. The van der Waals surface area contributed by atoms with Crippen molar-refractivity contribution in [3.63, 3.8) is 0 Å². The van der Waals surface area contributed by atoms with E-state index >= 15 is 0 Å². The van der Waals surface area contributed by atoms with Crippen molar-refractivity contribution in [1.82, 2.24) is 19.7 Å². The lowest BCUT2D eigenvalue weighted by molar-refractivity contribution is 0.102. The van der Waals surface area contributed by atoms with Gasteiger partial charge in [-0.3, -0.25) is 19.4 Å². The Labute approximate surface area is 121 Å². The molecule has 0 aliphatic heterocycles. The maximum atomic E-state index is 12.9. The van der Waals surface area contributed by atoms with E-state index in [1.165, 1.54) is 7.11 Å². The Hall–Kier alpha value is -2.76. The third-order valence-electron chi connectivity index (χ3n) is 3.28. The first kappa shape index (κ1) is 13.2. The van der Waals surface area contributed by atoms with Gasteiger partial charge >= 0.3 is 0 Å². The molecule has 3 rings (SSSR count). The molecule has 3 aromatic rings. The largest absolute Gasteiger partial charge is 0.493 e. The smallest absolute Gasteiger partial charge is 0.217 e. The lowest BCUT2D eigenvalue weighted by atomic mass is 10.1. The second-order valence-corrected chi connectivity index (χ2v) is 4.44. The van der Waals surface area contributed by atoms with Gasteiger partial charge in [0.1, 0.15) is 0 Å². The molecule has 21 heavy (non-hydrogen) atoms. The van der Waals surface area contributed by atoms with Crippen LogP contribution >= 0.6 is 0 Å². The Balaban J connectivity index is 2.20. The zero-order chi connectivity index (χ0) is 14.8. The summed E-state index contributed by atoms with van der Waals surface area (Å²) in [6.45, 7) is 2.51. The fraction of sp³-hybridized carbons (Fsp3) is 0.200. The van der Waals surface area contributed by atoms with Crippen molar-refractivity contribution in [2.24, 2.45) is 0 Å². The summed E-state index contributed by atoms with van der Waals surface area (Å²) in [5.41, 5.74) is 2.19. The number of ether oxygens (including phenoxy) is 1. The van der Waals surface area contributed by atoms with E-state index in [1.807, 2.05) is 13.0 Å². The van der Waals surface area contributed by atoms with Crippen LogP contribution in [0.2, 0.25) is 0 Å². The van der Waals surface area contributed by atoms with Crippen molar-refractivity contribution in [1.29, 1.82) is 0 Å². The van der Waals surface area contributed by atoms with Crippen LogP contribution in [0.1, 0.15) is 23.0 Å². The van der Waals surface area contributed by atoms with Crippen molar-refractivity contribution < 1.29 is 9.53 Å². The number of nitrogens with zero attached hydrogens (tertiary/aromatic N) is 4. The topological polar surface area (TPSA) is 69.9 Å². The minimum Gasteiger partial charge on any atom is -0.493 e. The second-order valence-electron chi connectivity index (χ2n) is 4.44. The second kappa shape index (κ2) is 5.32. The van der Waals surface area contributed by atoms with E-state index in [4.69, 9.17) is 4.74 Å². The van der Waals surface area contributed by atoms with Gasteiger partial charge in [0.05, 0.1) is 29.9 Å². The summed E-state index contributed by atoms with van der Waals surface area (Å²) in [4.78, 5) is 21.4. The van der Waals surface area contributed by atoms with Crippen LogP contribution in [0.3, 0.4) is 0 Å². The van der Waals surface area contributed by atoms with Crippen LogP contribution in [-0.4, -0.2) is 32.6 Å². The summed E-state index contributed by atoms with van der Waals surface area (Å²) in [6, 6.07) is 5.36. The first-order valence-corrected chi connectivity index (χ1v) is 6.60. The predicted molar refractivity (Wildman–Crippen MR) is 77.4 cm³/mol. The molecule has 0 aliphatic carbocycles. The molecule has 1 aromatic carbocycles. The molecule has 106 valence electrons. The van der Waals surface area contributed by atoms with Gasteiger partial charge in [0.25, 0.3) is 0 Å². The number of ketones is 1. The van der Waals surface area contributed by atoms with E-state index in [0.29, 0.717) is 34.6 Å². The number of hydrogen-bond donors (Lipinski definition) is 0. The Kier molecular flexibility index (Phi) is 3.35. The quantitative estimate of drug-likeness (QED) is 0.685. The third-order valence-corrected chi connectivity index (χ3v) is 3.28. The average Bonchev–Trinajstić information content (AvgIpc) is 2.96. The number of hydrogen-bond acceptors (Lipinski definition) is 5. The number of carbonyl (C=O) groups is 1. The highest BCUT2D eigenvalue weighted by molar-refractivity contribution is 6.15. The third kappa shape index (κ3) is 2.14. The standard InChI is InChI=1S/C15H14N4O2/c1-3-19-14(12(21-2)9-18-19)15(20)10-5-4-6-11-13(10)17-8-7-16-11/h4-9H,3H2,1-2H3.